The highest BCUT2D eigenvalue weighted by Gasteiger charge is 2.46. The van der Waals surface area contributed by atoms with E-state index in [0.717, 1.165) is 37.1 Å². The molecule has 1 aromatic carbocycles. The second-order valence-electron chi connectivity index (χ2n) is 7.85. The third-order valence-electron chi connectivity index (χ3n) is 6.16. The van der Waals surface area contributed by atoms with Crippen molar-refractivity contribution in [2.45, 2.75) is 37.9 Å². The van der Waals surface area contributed by atoms with Gasteiger partial charge in [0.1, 0.15) is 5.69 Å². The van der Waals surface area contributed by atoms with E-state index < -0.39 is 0 Å². The molecule has 0 bridgehead atoms. The SMILES string of the molecule is O=C(NCc1cc(-c2cccnc2)no1)[C@@H]1C[C@H](c2ccccc2)N2CCC[C@@H]12. The van der Waals surface area contributed by atoms with Gasteiger partial charge in [0.2, 0.25) is 5.91 Å². The van der Waals surface area contributed by atoms with E-state index in [1.54, 1.807) is 12.4 Å². The molecule has 0 unspecified atom stereocenters. The summed E-state index contributed by atoms with van der Waals surface area (Å²) in [5.74, 6) is 0.779. The molecule has 148 valence electrons. The first-order valence-electron chi connectivity index (χ1n) is 10.2. The van der Waals surface area contributed by atoms with E-state index in [2.05, 4.69) is 44.6 Å². The highest BCUT2D eigenvalue weighted by molar-refractivity contribution is 5.80. The minimum atomic E-state index is 0.0171. The van der Waals surface area contributed by atoms with E-state index in [9.17, 15) is 4.79 Å². The Morgan fingerprint density at radius 1 is 1.21 bits per heavy atom. The van der Waals surface area contributed by atoms with Crippen LogP contribution in [0.2, 0.25) is 0 Å². The smallest absolute Gasteiger partial charge is 0.225 e. The van der Waals surface area contributed by atoms with E-state index in [1.807, 2.05) is 24.3 Å². The topological polar surface area (TPSA) is 71.3 Å². The van der Waals surface area contributed by atoms with Crippen LogP contribution in [0.3, 0.4) is 0 Å². The molecule has 0 saturated carbocycles. The van der Waals surface area contributed by atoms with Crippen LogP contribution in [0, 0.1) is 5.92 Å². The van der Waals surface area contributed by atoms with Crippen LogP contribution in [0.15, 0.2) is 65.4 Å². The average molecular weight is 388 g/mol. The number of aromatic nitrogens is 2. The largest absolute Gasteiger partial charge is 0.359 e. The van der Waals surface area contributed by atoms with Gasteiger partial charge in [0.05, 0.1) is 12.5 Å². The molecule has 2 aromatic heterocycles. The van der Waals surface area contributed by atoms with E-state index >= 15 is 0 Å². The summed E-state index contributed by atoms with van der Waals surface area (Å²) in [7, 11) is 0. The lowest BCUT2D eigenvalue weighted by Gasteiger charge is -2.24. The van der Waals surface area contributed by atoms with Gasteiger partial charge in [-0.1, -0.05) is 35.5 Å². The zero-order chi connectivity index (χ0) is 19.6. The van der Waals surface area contributed by atoms with Crippen molar-refractivity contribution in [1.82, 2.24) is 20.4 Å². The molecule has 2 aliphatic heterocycles. The molecule has 3 atom stereocenters. The zero-order valence-corrected chi connectivity index (χ0v) is 16.2. The molecule has 2 fully saturated rings. The maximum absolute atomic E-state index is 13.0. The van der Waals surface area contributed by atoms with Crippen LogP contribution in [0.25, 0.3) is 11.3 Å². The second kappa shape index (κ2) is 7.79. The van der Waals surface area contributed by atoms with E-state index in [0.29, 0.717) is 24.4 Å². The molecule has 29 heavy (non-hydrogen) atoms. The normalized spacial score (nSPS) is 23.8. The van der Waals surface area contributed by atoms with Crippen LogP contribution in [-0.4, -0.2) is 33.5 Å². The number of hydrogen-bond donors (Lipinski definition) is 1. The standard InChI is InChI=1S/C23H24N4O2/c28-23(25-15-18-12-20(26-29-18)17-8-4-10-24-14-17)19-13-22(16-6-2-1-3-7-16)27-11-5-9-21(19)27/h1-4,6-8,10,12,14,19,21-22H,5,9,11,13,15H2,(H,25,28)/t19-,21+,22-/m1/s1. The number of nitrogens with one attached hydrogen (secondary N) is 1. The van der Waals surface area contributed by atoms with Crippen molar-refractivity contribution in [3.05, 3.63) is 72.2 Å². The van der Waals surface area contributed by atoms with Gasteiger partial charge in [-0.2, -0.15) is 0 Å². The lowest BCUT2D eigenvalue weighted by Crippen LogP contribution is -2.37. The lowest BCUT2D eigenvalue weighted by atomic mass is 9.93. The van der Waals surface area contributed by atoms with Gasteiger partial charge in [0, 0.05) is 36.1 Å². The number of amides is 1. The quantitative estimate of drug-likeness (QED) is 0.723. The third kappa shape index (κ3) is 3.56. The molecular weight excluding hydrogens is 364 g/mol. The number of carbonyl (C=O) groups is 1. The Kier molecular flexibility index (Phi) is 4.86. The lowest BCUT2D eigenvalue weighted by molar-refractivity contribution is -0.125. The fraction of sp³-hybridized carbons (Fsp3) is 0.348. The zero-order valence-electron chi connectivity index (χ0n) is 16.2. The van der Waals surface area contributed by atoms with Crippen molar-refractivity contribution in [3.8, 4) is 11.3 Å². The molecule has 3 aromatic rings. The Balaban J connectivity index is 1.25. The molecule has 0 radical (unpaired) electrons. The summed E-state index contributed by atoms with van der Waals surface area (Å²) < 4.78 is 5.41. The summed E-state index contributed by atoms with van der Waals surface area (Å²) in [4.78, 5) is 19.6. The van der Waals surface area contributed by atoms with E-state index in [-0.39, 0.29) is 11.8 Å². The summed E-state index contributed by atoms with van der Waals surface area (Å²) in [5, 5.41) is 7.17. The Morgan fingerprint density at radius 2 is 2.10 bits per heavy atom. The number of carbonyl (C=O) groups excluding carboxylic acids is 1. The van der Waals surface area contributed by atoms with Gasteiger partial charge in [-0.25, -0.2) is 0 Å². The van der Waals surface area contributed by atoms with Crippen molar-refractivity contribution in [2.75, 3.05) is 6.54 Å². The Morgan fingerprint density at radius 3 is 2.93 bits per heavy atom. The number of hydrogen-bond acceptors (Lipinski definition) is 5. The van der Waals surface area contributed by atoms with Crippen LogP contribution >= 0.6 is 0 Å². The van der Waals surface area contributed by atoms with Crippen molar-refractivity contribution in [2.24, 2.45) is 5.92 Å². The Labute approximate surface area is 169 Å². The van der Waals surface area contributed by atoms with Gasteiger partial charge in [-0.05, 0) is 43.5 Å². The van der Waals surface area contributed by atoms with E-state index in [4.69, 9.17) is 4.52 Å². The van der Waals surface area contributed by atoms with E-state index in [1.165, 1.54) is 5.56 Å². The number of fused-ring (bicyclic) bond motifs is 1. The van der Waals surface area contributed by atoms with Crippen LogP contribution < -0.4 is 5.32 Å². The van der Waals surface area contributed by atoms with Gasteiger partial charge >= 0.3 is 0 Å². The first-order valence-corrected chi connectivity index (χ1v) is 10.2. The highest BCUT2D eigenvalue weighted by Crippen LogP contribution is 2.44. The monoisotopic (exact) mass is 388 g/mol. The number of rotatable bonds is 5. The Hall–Kier alpha value is -2.99. The first-order chi connectivity index (χ1) is 14.3. The van der Waals surface area contributed by atoms with Crippen molar-refractivity contribution < 1.29 is 9.32 Å². The van der Waals surface area contributed by atoms with Crippen LogP contribution in [-0.2, 0) is 11.3 Å². The molecule has 5 rings (SSSR count). The van der Waals surface area contributed by atoms with Crippen LogP contribution in [0.1, 0.15) is 36.6 Å². The van der Waals surface area contributed by atoms with Gasteiger partial charge < -0.3 is 9.84 Å². The summed E-state index contributed by atoms with van der Waals surface area (Å²) in [6.07, 6.45) is 6.60. The third-order valence-corrected chi connectivity index (χ3v) is 6.16. The molecule has 6 nitrogen and oxygen atoms in total. The minimum Gasteiger partial charge on any atom is -0.359 e. The predicted octanol–water partition coefficient (Wildman–Crippen LogP) is 3.58. The summed E-state index contributed by atoms with van der Waals surface area (Å²) >= 11 is 0. The van der Waals surface area contributed by atoms with Crippen LogP contribution in [0.5, 0.6) is 0 Å². The van der Waals surface area contributed by atoms with Gasteiger partial charge in [-0.3, -0.25) is 14.7 Å². The van der Waals surface area contributed by atoms with Gasteiger partial charge in [0.25, 0.3) is 0 Å². The molecule has 0 aliphatic carbocycles. The molecule has 1 amide bonds. The molecular formula is C23H24N4O2. The number of pyridine rings is 1. The number of nitrogens with zero attached hydrogens (tertiary/aromatic N) is 3. The highest BCUT2D eigenvalue weighted by atomic mass is 16.5. The maximum atomic E-state index is 13.0. The minimum absolute atomic E-state index is 0.0171. The molecule has 0 spiro atoms. The summed E-state index contributed by atoms with van der Waals surface area (Å²) in [5.41, 5.74) is 2.94. The predicted molar refractivity (Wildman–Crippen MR) is 109 cm³/mol. The number of benzene rings is 1. The van der Waals surface area contributed by atoms with Crippen LogP contribution in [0.4, 0.5) is 0 Å². The fourth-order valence-electron chi connectivity index (χ4n) is 4.80. The summed E-state index contributed by atoms with van der Waals surface area (Å²) in [6.45, 7) is 1.43. The van der Waals surface area contributed by atoms with Gasteiger partial charge in [-0.15, -0.1) is 0 Å². The second-order valence-corrected chi connectivity index (χ2v) is 7.85. The van der Waals surface area contributed by atoms with Crippen molar-refractivity contribution in [3.63, 3.8) is 0 Å². The summed E-state index contributed by atoms with van der Waals surface area (Å²) in [6, 6.07) is 16.9. The average Bonchev–Trinajstić information content (AvgIpc) is 3.50. The van der Waals surface area contributed by atoms with Crippen molar-refractivity contribution >= 4 is 5.91 Å². The molecule has 6 heteroatoms. The fourth-order valence-corrected chi connectivity index (χ4v) is 4.80. The molecule has 1 N–H and O–H groups in total. The molecule has 4 heterocycles. The van der Waals surface area contributed by atoms with Crippen molar-refractivity contribution in [1.29, 1.82) is 0 Å². The van der Waals surface area contributed by atoms with Gasteiger partial charge in [0.15, 0.2) is 5.76 Å². The maximum Gasteiger partial charge on any atom is 0.225 e. The first kappa shape index (κ1) is 18.1. The Bertz CT molecular complexity index is 973. The molecule has 2 saturated heterocycles. The molecule has 2 aliphatic rings.